The summed E-state index contributed by atoms with van der Waals surface area (Å²) in [7, 11) is -3.63. The van der Waals surface area contributed by atoms with Crippen LogP contribution >= 0.6 is 0 Å². The van der Waals surface area contributed by atoms with E-state index in [-0.39, 0.29) is 23.1 Å². The molecule has 0 aliphatic carbocycles. The molecule has 0 fully saturated rings. The van der Waals surface area contributed by atoms with Gasteiger partial charge in [0.1, 0.15) is 6.54 Å². The molecule has 0 spiro atoms. The number of amides is 1. The van der Waals surface area contributed by atoms with E-state index in [0.717, 1.165) is 22.5 Å². The second kappa shape index (κ2) is 10.3. The van der Waals surface area contributed by atoms with Crippen LogP contribution in [0.5, 0.6) is 0 Å². The van der Waals surface area contributed by atoms with Gasteiger partial charge in [-0.25, -0.2) is 8.42 Å². The molecule has 0 atom stereocenters. The molecule has 1 amide bonds. The number of sulfone groups is 1. The fourth-order valence-electron chi connectivity index (χ4n) is 4.33. The van der Waals surface area contributed by atoms with Crippen LogP contribution in [-0.2, 0) is 26.9 Å². The maximum atomic E-state index is 13.4. The first-order valence-electron chi connectivity index (χ1n) is 12.0. The van der Waals surface area contributed by atoms with Crippen molar-refractivity contribution in [3.8, 4) is 0 Å². The van der Waals surface area contributed by atoms with Crippen LogP contribution in [0.25, 0.3) is 10.9 Å². The number of carbonyl (C=O) groups is 1. The summed E-state index contributed by atoms with van der Waals surface area (Å²) in [6.07, 6.45) is 1.57. The molecular weight excluding hydrogens is 482 g/mol. The molecule has 37 heavy (non-hydrogen) atoms. The summed E-state index contributed by atoms with van der Waals surface area (Å²) in [6, 6.07) is 32.0. The Hall–Kier alpha value is -4.36. The standard InChI is InChI=1S/C30H27N3O3S/c1-22-9-5-6-10-23(22)21-37(35,36)29-19-33(28-14-8-7-13-27(28)29)20-30(34)32-26-17-15-25(16-18-26)31-24-11-3-2-4-12-24/h2-19,31H,20-21H2,1H3,(H,32,34). The molecule has 0 saturated heterocycles. The van der Waals surface area contributed by atoms with Crippen LogP contribution in [0.15, 0.2) is 114 Å². The smallest absolute Gasteiger partial charge is 0.244 e. The summed E-state index contributed by atoms with van der Waals surface area (Å²) in [5, 5.41) is 6.82. The molecule has 4 aromatic carbocycles. The molecule has 5 rings (SSSR count). The second-order valence-corrected chi connectivity index (χ2v) is 10.9. The Labute approximate surface area is 216 Å². The number of para-hydroxylation sites is 2. The predicted octanol–water partition coefficient (Wildman–Crippen LogP) is 6.31. The number of aryl methyl sites for hydroxylation is 1. The van der Waals surface area contributed by atoms with Crippen LogP contribution in [-0.4, -0.2) is 18.9 Å². The second-order valence-electron chi connectivity index (χ2n) is 8.94. The molecule has 2 N–H and O–H groups in total. The van der Waals surface area contributed by atoms with Crippen LogP contribution in [0.2, 0.25) is 0 Å². The van der Waals surface area contributed by atoms with Crippen molar-refractivity contribution in [3.63, 3.8) is 0 Å². The zero-order valence-electron chi connectivity index (χ0n) is 20.4. The molecule has 5 aromatic rings. The van der Waals surface area contributed by atoms with Crippen molar-refractivity contribution in [3.05, 3.63) is 120 Å². The Morgan fingerprint density at radius 3 is 2.14 bits per heavy atom. The van der Waals surface area contributed by atoms with Gasteiger partial charge < -0.3 is 15.2 Å². The maximum absolute atomic E-state index is 13.4. The van der Waals surface area contributed by atoms with Crippen molar-refractivity contribution >= 4 is 43.7 Å². The van der Waals surface area contributed by atoms with Crippen molar-refractivity contribution in [1.82, 2.24) is 4.57 Å². The van der Waals surface area contributed by atoms with Crippen LogP contribution < -0.4 is 10.6 Å². The van der Waals surface area contributed by atoms with Gasteiger partial charge in [0.2, 0.25) is 5.91 Å². The first-order valence-corrected chi connectivity index (χ1v) is 13.6. The van der Waals surface area contributed by atoms with Gasteiger partial charge in [-0.15, -0.1) is 0 Å². The average Bonchev–Trinajstić information content (AvgIpc) is 3.26. The lowest BCUT2D eigenvalue weighted by Gasteiger charge is -2.10. The van der Waals surface area contributed by atoms with Crippen molar-refractivity contribution < 1.29 is 13.2 Å². The van der Waals surface area contributed by atoms with Gasteiger partial charge >= 0.3 is 0 Å². The van der Waals surface area contributed by atoms with Gasteiger partial charge in [0.15, 0.2) is 9.84 Å². The molecule has 0 aliphatic rings. The quantitative estimate of drug-likeness (QED) is 0.257. The number of benzene rings is 4. The van der Waals surface area contributed by atoms with Gasteiger partial charge in [-0.2, -0.15) is 0 Å². The molecule has 0 radical (unpaired) electrons. The number of nitrogens with zero attached hydrogens (tertiary/aromatic N) is 1. The molecule has 1 heterocycles. The Morgan fingerprint density at radius 2 is 1.38 bits per heavy atom. The normalized spacial score (nSPS) is 11.4. The summed E-state index contributed by atoms with van der Waals surface area (Å²) in [4.78, 5) is 13.1. The molecular formula is C30H27N3O3S. The molecule has 0 saturated carbocycles. The number of anilines is 3. The summed E-state index contributed by atoms with van der Waals surface area (Å²) in [5.41, 5.74) is 4.94. The highest BCUT2D eigenvalue weighted by Gasteiger charge is 2.23. The molecule has 0 bridgehead atoms. The number of rotatable bonds is 8. The highest BCUT2D eigenvalue weighted by molar-refractivity contribution is 7.90. The Kier molecular flexibility index (Phi) is 6.79. The fraction of sp³-hybridized carbons (Fsp3) is 0.100. The van der Waals surface area contributed by atoms with Gasteiger partial charge in [-0.3, -0.25) is 4.79 Å². The Balaban J connectivity index is 1.33. The third-order valence-corrected chi connectivity index (χ3v) is 7.93. The first kappa shape index (κ1) is 24.3. The summed E-state index contributed by atoms with van der Waals surface area (Å²) < 4.78 is 28.5. The van der Waals surface area contributed by atoms with Gasteiger partial charge in [0, 0.05) is 34.2 Å². The molecule has 7 heteroatoms. The lowest BCUT2D eigenvalue weighted by Crippen LogP contribution is -2.18. The summed E-state index contributed by atoms with van der Waals surface area (Å²) >= 11 is 0. The van der Waals surface area contributed by atoms with Gasteiger partial charge in [0.25, 0.3) is 0 Å². The third kappa shape index (κ3) is 5.57. The third-order valence-electron chi connectivity index (χ3n) is 6.24. The topological polar surface area (TPSA) is 80.2 Å². The number of fused-ring (bicyclic) bond motifs is 1. The van der Waals surface area contributed by atoms with Gasteiger partial charge in [-0.05, 0) is 60.5 Å². The van der Waals surface area contributed by atoms with E-state index in [2.05, 4.69) is 10.6 Å². The van der Waals surface area contributed by atoms with E-state index < -0.39 is 9.84 Å². The number of aromatic nitrogens is 1. The lowest BCUT2D eigenvalue weighted by atomic mass is 10.1. The van der Waals surface area contributed by atoms with Crippen LogP contribution in [0.1, 0.15) is 11.1 Å². The minimum absolute atomic E-state index is 0.00951. The van der Waals surface area contributed by atoms with Crippen molar-refractivity contribution in [2.75, 3.05) is 10.6 Å². The van der Waals surface area contributed by atoms with E-state index >= 15 is 0 Å². The summed E-state index contributed by atoms with van der Waals surface area (Å²) in [6.45, 7) is 1.90. The number of nitrogens with one attached hydrogen (secondary N) is 2. The molecule has 6 nitrogen and oxygen atoms in total. The van der Waals surface area contributed by atoms with Crippen LogP contribution in [0, 0.1) is 6.92 Å². The Bertz CT molecular complexity index is 1660. The Morgan fingerprint density at radius 1 is 0.757 bits per heavy atom. The minimum atomic E-state index is -3.63. The molecule has 0 unspecified atom stereocenters. The van der Waals surface area contributed by atoms with Crippen molar-refractivity contribution in [1.29, 1.82) is 0 Å². The average molecular weight is 510 g/mol. The van der Waals surface area contributed by atoms with Crippen molar-refractivity contribution in [2.45, 2.75) is 24.1 Å². The van der Waals surface area contributed by atoms with E-state index in [0.29, 0.717) is 16.6 Å². The number of carbonyl (C=O) groups excluding carboxylic acids is 1. The predicted molar refractivity (Wildman–Crippen MR) is 149 cm³/mol. The molecule has 0 aliphatic heterocycles. The summed E-state index contributed by atoms with van der Waals surface area (Å²) in [5.74, 6) is -0.337. The minimum Gasteiger partial charge on any atom is -0.356 e. The van der Waals surface area contributed by atoms with Crippen LogP contribution in [0.3, 0.4) is 0 Å². The maximum Gasteiger partial charge on any atom is 0.244 e. The van der Waals surface area contributed by atoms with Crippen molar-refractivity contribution in [2.24, 2.45) is 0 Å². The fourth-order valence-corrected chi connectivity index (χ4v) is 6.01. The SMILES string of the molecule is Cc1ccccc1CS(=O)(=O)c1cn(CC(=O)Nc2ccc(Nc3ccccc3)cc2)c2ccccc12. The first-order chi connectivity index (χ1) is 17.9. The highest BCUT2D eigenvalue weighted by atomic mass is 32.2. The zero-order valence-corrected chi connectivity index (χ0v) is 21.2. The highest BCUT2D eigenvalue weighted by Crippen LogP contribution is 2.29. The largest absolute Gasteiger partial charge is 0.356 e. The molecule has 1 aromatic heterocycles. The van der Waals surface area contributed by atoms with E-state index in [1.165, 1.54) is 0 Å². The lowest BCUT2D eigenvalue weighted by molar-refractivity contribution is -0.116. The molecule has 186 valence electrons. The number of hydrogen-bond acceptors (Lipinski definition) is 4. The number of hydrogen-bond donors (Lipinski definition) is 2. The monoisotopic (exact) mass is 509 g/mol. The van der Waals surface area contributed by atoms with E-state index in [4.69, 9.17) is 0 Å². The van der Waals surface area contributed by atoms with Gasteiger partial charge in [-0.1, -0.05) is 60.7 Å². The van der Waals surface area contributed by atoms with Gasteiger partial charge in [0.05, 0.1) is 10.6 Å². The van der Waals surface area contributed by atoms with Crippen LogP contribution in [0.4, 0.5) is 17.1 Å². The van der Waals surface area contributed by atoms with E-state index in [1.807, 2.05) is 104 Å². The zero-order chi connectivity index (χ0) is 25.8. The van der Waals surface area contributed by atoms with E-state index in [9.17, 15) is 13.2 Å². The van der Waals surface area contributed by atoms with E-state index in [1.54, 1.807) is 16.8 Å².